The van der Waals surface area contributed by atoms with Crippen LogP contribution in [0.25, 0.3) is 0 Å². The summed E-state index contributed by atoms with van der Waals surface area (Å²) in [6.07, 6.45) is 1.24. The van der Waals surface area contributed by atoms with Crippen LogP contribution in [-0.4, -0.2) is 72.4 Å². The second-order valence-corrected chi connectivity index (χ2v) is 10.5. The molecule has 0 saturated heterocycles. The van der Waals surface area contributed by atoms with Crippen molar-refractivity contribution in [2.75, 3.05) is 39.4 Å². The number of fused-ring (bicyclic) bond motifs is 1. The fraction of sp³-hybridized carbons (Fsp3) is 0.593. The number of benzene rings is 1. The Labute approximate surface area is 208 Å². The standard InChI is InChI=1S/C27H40N2O4S/c1-6-11-28(15-22(30)17-32-19(2)3)16-27(31)29-12-9-26-23(10-13-34-26)24(29)18-33-25-8-7-20(4)14-21(25)5/h7-8,10,13-14,19,22,24,30H,6,9,11-12,15-18H2,1-5H3. The van der Waals surface area contributed by atoms with Crippen molar-refractivity contribution in [3.8, 4) is 5.75 Å². The summed E-state index contributed by atoms with van der Waals surface area (Å²) in [5.41, 5.74) is 3.50. The molecular weight excluding hydrogens is 448 g/mol. The van der Waals surface area contributed by atoms with Gasteiger partial charge in [-0.3, -0.25) is 9.69 Å². The molecular formula is C27H40N2O4S. The summed E-state index contributed by atoms with van der Waals surface area (Å²) in [7, 11) is 0. The van der Waals surface area contributed by atoms with E-state index in [9.17, 15) is 9.90 Å². The topological polar surface area (TPSA) is 62.2 Å². The molecule has 6 nitrogen and oxygen atoms in total. The number of hydrogen-bond donors (Lipinski definition) is 1. The van der Waals surface area contributed by atoms with E-state index in [2.05, 4.69) is 44.4 Å². The van der Waals surface area contributed by atoms with Crippen molar-refractivity contribution >= 4 is 17.2 Å². The van der Waals surface area contributed by atoms with E-state index in [0.717, 1.165) is 30.7 Å². The number of rotatable bonds is 12. The fourth-order valence-corrected chi connectivity index (χ4v) is 5.42. The molecule has 1 aliphatic rings. The van der Waals surface area contributed by atoms with Gasteiger partial charge in [0.25, 0.3) is 0 Å². The molecule has 1 aliphatic heterocycles. The molecule has 0 aliphatic carbocycles. The maximum absolute atomic E-state index is 13.5. The van der Waals surface area contributed by atoms with E-state index in [4.69, 9.17) is 9.47 Å². The first-order chi connectivity index (χ1) is 16.3. The van der Waals surface area contributed by atoms with Crippen LogP contribution in [0.5, 0.6) is 5.75 Å². The number of ether oxygens (including phenoxy) is 2. The first kappa shape index (κ1) is 26.7. The highest BCUT2D eigenvalue weighted by Crippen LogP contribution is 2.34. The van der Waals surface area contributed by atoms with Crippen molar-refractivity contribution in [3.63, 3.8) is 0 Å². The summed E-state index contributed by atoms with van der Waals surface area (Å²) in [6.45, 7) is 13.0. The molecule has 1 aromatic heterocycles. The number of aliphatic hydroxyl groups excluding tert-OH is 1. The predicted octanol–water partition coefficient (Wildman–Crippen LogP) is 4.37. The summed E-state index contributed by atoms with van der Waals surface area (Å²) in [4.78, 5) is 18.9. The number of amides is 1. The molecule has 7 heteroatoms. The second kappa shape index (κ2) is 12.7. The average Bonchev–Trinajstić information content (AvgIpc) is 3.26. The molecule has 2 atom stereocenters. The Morgan fingerprint density at radius 2 is 2.09 bits per heavy atom. The Morgan fingerprint density at radius 1 is 1.29 bits per heavy atom. The number of aliphatic hydroxyl groups is 1. The van der Waals surface area contributed by atoms with Crippen LogP contribution >= 0.6 is 11.3 Å². The number of aryl methyl sites for hydroxylation is 2. The van der Waals surface area contributed by atoms with E-state index in [1.165, 1.54) is 16.0 Å². The summed E-state index contributed by atoms with van der Waals surface area (Å²) in [5.74, 6) is 0.942. The number of nitrogens with zero attached hydrogens (tertiary/aromatic N) is 2. The van der Waals surface area contributed by atoms with Crippen LogP contribution in [-0.2, 0) is 16.0 Å². The van der Waals surface area contributed by atoms with Crippen LogP contribution in [0.15, 0.2) is 29.6 Å². The Morgan fingerprint density at radius 3 is 2.79 bits per heavy atom. The zero-order valence-corrected chi connectivity index (χ0v) is 22.1. The highest BCUT2D eigenvalue weighted by molar-refractivity contribution is 7.10. The lowest BCUT2D eigenvalue weighted by atomic mass is 10.00. The molecule has 1 N–H and O–H groups in total. The molecule has 3 rings (SSSR count). The van der Waals surface area contributed by atoms with Crippen molar-refractivity contribution in [2.24, 2.45) is 0 Å². The third kappa shape index (κ3) is 7.28. The van der Waals surface area contributed by atoms with Gasteiger partial charge in [0.15, 0.2) is 0 Å². The molecule has 0 saturated carbocycles. The van der Waals surface area contributed by atoms with Crippen LogP contribution < -0.4 is 4.74 Å². The number of carbonyl (C=O) groups excluding carboxylic acids is 1. The van der Waals surface area contributed by atoms with Gasteiger partial charge in [-0.15, -0.1) is 11.3 Å². The molecule has 188 valence electrons. The van der Waals surface area contributed by atoms with Gasteiger partial charge < -0.3 is 19.5 Å². The smallest absolute Gasteiger partial charge is 0.237 e. The van der Waals surface area contributed by atoms with Crippen molar-refractivity contribution in [1.29, 1.82) is 0 Å². The molecule has 0 bridgehead atoms. The Kier molecular flexibility index (Phi) is 9.95. The van der Waals surface area contributed by atoms with E-state index < -0.39 is 6.10 Å². The lowest BCUT2D eigenvalue weighted by molar-refractivity contribution is -0.136. The lowest BCUT2D eigenvalue weighted by Gasteiger charge is -2.37. The Bertz CT molecular complexity index is 929. The van der Waals surface area contributed by atoms with Crippen molar-refractivity contribution in [1.82, 2.24) is 9.80 Å². The van der Waals surface area contributed by atoms with Gasteiger partial charge in [-0.25, -0.2) is 0 Å². The Balaban J connectivity index is 1.69. The van der Waals surface area contributed by atoms with Crippen LogP contribution in [0.4, 0.5) is 0 Å². The van der Waals surface area contributed by atoms with Gasteiger partial charge in [-0.05, 0) is 75.7 Å². The Hall–Kier alpha value is -1.93. The van der Waals surface area contributed by atoms with Gasteiger partial charge in [0.1, 0.15) is 12.4 Å². The zero-order chi connectivity index (χ0) is 24.7. The number of thiophene rings is 1. The van der Waals surface area contributed by atoms with Crippen LogP contribution in [0.3, 0.4) is 0 Å². The third-order valence-corrected chi connectivity index (χ3v) is 7.13. The van der Waals surface area contributed by atoms with Gasteiger partial charge in [0, 0.05) is 18.0 Å². The molecule has 2 aromatic rings. The van der Waals surface area contributed by atoms with E-state index in [1.807, 2.05) is 29.7 Å². The summed E-state index contributed by atoms with van der Waals surface area (Å²) in [5, 5.41) is 12.5. The molecule has 0 spiro atoms. The highest BCUT2D eigenvalue weighted by atomic mass is 32.1. The molecule has 34 heavy (non-hydrogen) atoms. The lowest BCUT2D eigenvalue weighted by Crippen LogP contribution is -2.48. The summed E-state index contributed by atoms with van der Waals surface area (Å²) >= 11 is 1.76. The van der Waals surface area contributed by atoms with Gasteiger partial charge >= 0.3 is 0 Å². The molecule has 1 aromatic carbocycles. The minimum atomic E-state index is -0.616. The normalized spacial score (nSPS) is 16.7. The van der Waals surface area contributed by atoms with E-state index in [0.29, 0.717) is 19.7 Å². The van der Waals surface area contributed by atoms with Gasteiger partial charge in [-0.1, -0.05) is 24.6 Å². The van der Waals surface area contributed by atoms with Gasteiger partial charge in [0.05, 0.1) is 31.4 Å². The third-order valence-electron chi connectivity index (χ3n) is 6.13. The molecule has 0 radical (unpaired) electrons. The second-order valence-electron chi connectivity index (χ2n) is 9.50. The zero-order valence-electron chi connectivity index (χ0n) is 21.3. The summed E-state index contributed by atoms with van der Waals surface area (Å²) < 4.78 is 11.8. The van der Waals surface area contributed by atoms with Crippen molar-refractivity contribution in [2.45, 2.75) is 65.7 Å². The van der Waals surface area contributed by atoms with Crippen molar-refractivity contribution < 1.29 is 19.4 Å². The largest absolute Gasteiger partial charge is 0.491 e. The minimum Gasteiger partial charge on any atom is -0.491 e. The monoisotopic (exact) mass is 488 g/mol. The summed E-state index contributed by atoms with van der Waals surface area (Å²) in [6, 6.07) is 8.20. The van der Waals surface area contributed by atoms with Crippen LogP contribution in [0.1, 0.15) is 54.8 Å². The first-order valence-corrected chi connectivity index (χ1v) is 13.2. The van der Waals surface area contributed by atoms with Crippen LogP contribution in [0, 0.1) is 13.8 Å². The maximum atomic E-state index is 13.5. The van der Waals surface area contributed by atoms with Gasteiger partial charge in [-0.2, -0.15) is 0 Å². The highest BCUT2D eigenvalue weighted by Gasteiger charge is 2.33. The van der Waals surface area contributed by atoms with Crippen LogP contribution in [0.2, 0.25) is 0 Å². The van der Waals surface area contributed by atoms with E-state index in [1.54, 1.807) is 11.3 Å². The quantitative estimate of drug-likeness (QED) is 0.481. The minimum absolute atomic E-state index is 0.0713. The predicted molar refractivity (Wildman–Crippen MR) is 138 cm³/mol. The number of carbonyl (C=O) groups is 1. The van der Waals surface area contributed by atoms with E-state index >= 15 is 0 Å². The molecule has 2 heterocycles. The molecule has 0 fully saturated rings. The molecule has 1 amide bonds. The first-order valence-electron chi connectivity index (χ1n) is 12.4. The SMILES string of the molecule is CCCN(CC(=O)N1CCc2sccc2C1COc1ccc(C)cc1C)CC(O)COC(C)C. The van der Waals surface area contributed by atoms with Gasteiger partial charge in [0.2, 0.25) is 5.91 Å². The number of hydrogen-bond acceptors (Lipinski definition) is 6. The van der Waals surface area contributed by atoms with E-state index in [-0.39, 0.29) is 31.2 Å². The average molecular weight is 489 g/mol. The van der Waals surface area contributed by atoms with Crippen molar-refractivity contribution in [3.05, 3.63) is 51.2 Å². The fourth-order valence-electron chi connectivity index (χ4n) is 4.49. The molecule has 2 unspecified atom stereocenters. The maximum Gasteiger partial charge on any atom is 0.237 e.